The number of nitrogens with zero attached hydrogens (tertiary/aromatic N) is 2. The molecule has 0 aliphatic heterocycles. The van der Waals surface area contributed by atoms with E-state index in [1.54, 1.807) is 11.0 Å². The summed E-state index contributed by atoms with van der Waals surface area (Å²) in [6.07, 6.45) is 0.834. The first-order valence-corrected chi connectivity index (χ1v) is 8.73. The maximum Gasteiger partial charge on any atom is 0.274 e. The number of aromatic amines is 1. The van der Waals surface area contributed by atoms with Gasteiger partial charge in [0.1, 0.15) is 12.4 Å². The van der Waals surface area contributed by atoms with Crippen molar-refractivity contribution < 1.29 is 9.53 Å². The van der Waals surface area contributed by atoms with Gasteiger partial charge in [-0.3, -0.25) is 9.89 Å². The van der Waals surface area contributed by atoms with Crippen molar-refractivity contribution in [3.63, 3.8) is 0 Å². The SMILES string of the molecule is CC[C@H](c1ccccc1)N(C)C(=O)c1cc(COc2ccccc2)[nH]n1. The molecule has 2 aromatic carbocycles. The predicted molar refractivity (Wildman–Crippen MR) is 101 cm³/mol. The zero-order valence-electron chi connectivity index (χ0n) is 15.1. The lowest BCUT2D eigenvalue weighted by Gasteiger charge is -2.27. The number of benzene rings is 2. The molecular weight excluding hydrogens is 326 g/mol. The quantitative estimate of drug-likeness (QED) is 0.695. The molecule has 0 fully saturated rings. The monoisotopic (exact) mass is 349 g/mol. The van der Waals surface area contributed by atoms with E-state index >= 15 is 0 Å². The molecule has 0 radical (unpaired) electrons. The van der Waals surface area contributed by atoms with E-state index in [4.69, 9.17) is 4.74 Å². The van der Waals surface area contributed by atoms with E-state index in [0.717, 1.165) is 23.4 Å². The van der Waals surface area contributed by atoms with Crippen LogP contribution in [0.25, 0.3) is 0 Å². The average Bonchev–Trinajstić information content (AvgIpc) is 3.17. The Balaban J connectivity index is 1.67. The Hall–Kier alpha value is -3.08. The van der Waals surface area contributed by atoms with Gasteiger partial charge in [0.2, 0.25) is 0 Å². The molecule has 0 aliphatic carbocycles. The van der Waals surface area contributed by atoms with Gasteiger partial charge in [-0.1, -0.05) is 55.5 Å². The molecule has 1 amide bonds. The number of para-hydroxylation sites is 1. The standard InChI is InChI=1S/C21H23N3O2/c1-3-20(16-10-6-4-7-11-16)24(2)21(25)19-14-17(22-23-19)15-26-18-12-8-5-9-13-18/h4-14,20H,3,15H2,1-2H3,(H,22,23)/t20-/m1/s1. The maximum atomic E-state index is 12.8. The largest absolute Gasteiger partial charge is 0.487 e. The van der Waals surface area contributed by atoms with Crippen LogP contribution in [-0.2, 0) is 6.61 Å². The van der Waals surface area contributed by atoms with Gasteiger partial charge in [0.25, 0.3) is 5.91 Å². The zero-order chi connectivity index (χ0) is 18.4. The predicted octanol–water partition coefficient (Wildman–Crippen LogP) is 4.21. The molecule has 0 unspecified atom stereocenters. The summed E-state index contributed by atoms with van der Waals surface area (Å²) in [4.78, 5) is 14.6. The van der Waals surface area contributed by atoms with Gasteiger partial charge in [-0.05, 0) is 30.2 Å². The van der Waals surface area contributed by atoms with Crippen molar-refractivity contribution >= 4 is 5.91 Å². The molecular formula is C21H23N3O2. The molecule has 0 saturated heterocycles. The molecule has 5 nitrogen and oxygen atoms in total. The van der Waals surface area contributed by atoms with Crippen molar-refractivity contribution in [3.05, 3.63) is 83.7 Å². The fraction of sp³-hybridized carbons (Fsp3) is 0.238. The van der Waals surface area contributed by atoms with Crippen molar-refractivity contribution in [3.8, 4) is 5.75 Å². The summed E-state index contributed by atoms with van der Waals surface area (Å²) in [7, 11) is 1.82. The van der Waals surface area contributed by atoms with Crippen LogP contribution in [0.2, 0.25) is 0 Å². The van der Waals surface area contributed by atoms with Gasteiger partial charge >= 0.3 is 0 Å². The van der Waals surface area contributed by atoms with Crippen LogP contribution in [-0.4, -0.2) is 28.1 Å². The lowest BCUT2D eigenvalue weighted by molar-refractivity contribution is 0.0720. The summed E-state index contributed by atoms with van der Waals surface area (Å²) in [5.74, 6) is 0.671. The van der Waals surface area contributed by atoms with Crippen LogP contribution >= 0.6 is 0 Å². The van der Waals surface area contributed by atoms with E-state index in [1.165, 1.54) is 0 Å². The Labute approximate surface area is 153 Å². The van der Waals surface area contributed by atoms with E-state index in [1.807, 2.05) is 67.7 Å². The fourth-order valence-corrected chi connectivity index (χ4v) is 2.95. The lowest BCUT2D eigenvalue weighted by Crippen LogP contribution is -2.31. The number of H-pyrrole nitrogens is 1. The van der Waals surface area contributed by atoms with E-state index in [0.29, 0.717) is 12.3 Å². The number of carbonyl (C=O) groups is 1. The van der Waals surface area contributed by atoms with Gasteiger partial charge in [-0.25, -0.2) is 0 Å². The number of hydrogen-bond donors (Lipinski definition) is 1. The minimum Gasteiger partial charge on any atom is -0.487 e. The van der Waals surface area contributed by atoms with E-state index < -0.39 is 0 Å². The fourth-order valence-electron chi connectivity index (χ4n) is 2.95. The van der Waals surface area contributed by atoms with Crippen molar-refractivity contribution in [1.29, 1.82) is 0 Å². The Bertz CT molecular complexity index is 831. The normalized spacial score (nSPS) is 11.8. The Kier molecular flexibility index (Phi) is 5.69. The first kappa shape index (κ1) is 17.7. The first-order chi connectivity index (χ1) is 12.7. The third-order valence-electron chi connectivity index (χ3n) is 4.35. The van der Waals surface area contributed by atoms with Gasteiger partial charge in [0.05, 0.1) is 11.7 Å². The molecule has 1 N–H and O–H groups in total. The van der Waals surface area contributed by atoms with Crippen LogP contribution < -0.4 is 4.74 Å². The number of carbonyl (C=O) groups excluding carboxylic acids is 1. The summed E-state index contributed by atoms with van der Waals surface area (Å²) >= 11 is 0. The van der Waals surface area contributed by atoms with Crippen LogP contribution in [0.5, 0.6) is 5.75 Å². The minimum absolute atomic E-state index is 0.0180. The molecule has 0 saturated carbocycles. The number of nitrogens with one attached hydrogen (secondary N) is 1. The Morgan fingerprint density at radius 2 is 1.77 bits per heavy atom. The molecule has 26 heavy (non-hydrogen) atoms. The highest BCUT2D eigenvalue weighted by atomic mass is 16.5. The summed E-state index contributed by atoms with van der Waals surface area (Å²) in [5, 5.41) is 7.05. The molecule has 1 heterocycles. The van der Waals surface area contributed by atoms with Crippen molar-refractivity contribution in [2.45, 2.75) is 26.0 Å². The Morgan fingerprint density at radius 1 is 1.12 bits per heavy atom. The van der Waals surface area contributed by atoms with Crippen LogP contribution in [0.3, 0.4) is 0 Å². The summed E-state index contributed by atoms with van der Waals surface area (Å²) < 4.78 is 5.69. The second-order valence-corrected chi connectivity index (χ2v) is 6.13. The number of hydrogen-bond acceptors (Lipinski definition) is 3. The second kappa shape index (κ2) is 8.34. The molecule has 134 valence electrons. The zero-order valence-corrected chi connectivity index (χ0v) is 15.1. The highest BCUT2D eigenvalue weighted by Crippen LogP contribution is 2.24. The van der Waals surface area contributed by atoms with E-state index in [-0.39, 0.29) is 11.9 Å². The molecule has 5 heteroatoms. The second-order valence-electron chi connectivity index (χ2n) is 6.13. The van der Waals surface area contributed by atoms with Crippen molar-refractivity contribution in [2.24, 2.45) is 0 Å². The van der Waals surface area contributed by atoms with Gasteiger partial charge in [-0.2, -0.15) is 5.10 Å². The third kappa shape index (κ3) is 4.11. The van der Waals surface area contributed by atoms with Crippen molar-refractivity contribution in [1.82, 2.24) is 15.1 Å². The molecule has 1 atom stereocenters. The van der Waals surface area contributed by atoms with Crippen LogP contribution in [0, 0.1) is 0 Å². The topological polar surface area (TPSA) is 58.2 Å². The smallest absolute Gasteiger partial charge is 0.274 e. The highest BCUT2D eigenvalue weighted by molar-refractivity contribution is 5.92. The number of ether oxygens (including phenoxy) is 1. The molecule has 3 aromatic rings. The minimum atomic E-state index is -0.108. The molecule has 3 rings (SSSR count). The van der Waals surface area contributed by atoms with E-state index in [2.05, 4.69) is 17.1 Å². The molecule has 0 bridgehead atoms. The first-order valence-electron chi connectivity index (χ1n) is 8.73. The average molecular weight is 349 g/mol. The van der Waals surface area contributed by atoms with Gasteiger partial charge in [0.15, 0.2) is 5.69 Å². The summed E-state index contributed by atoms with van der Waals surface area (Å²) in [6.45, 7) is 2.41. The molecule has 1 aromatic heterocycles. The van der Waals surface area contributed by atoms with Crippen LogP contribution in [0.15, 0.2) is 66.7 Å². The lowest BCUT2D eigenvalue weighted by atomic mass is 10.0. The summed E-state index contributed by atoms with van der Waals surface area (Å²) in [5.41, 5.74) is 2.28. The number of aromatic nitrogens is 2. The number of rotatable bonds is 7. The van der Waals surface area contributed by atoms with Gasteiger partial charge in [0, 0.05) is 7.05 Å². The molecule has 0 spiro atoms. The van der Waals surface area contributed by atoms with Gasteiger partial charge < -0.3 is 9.64 Å². The molecule has 0 aliphatic rings. The third-order valence-corrected chi connectivity index (χ3v) is 4.35. The summed E-state index contributed by atoms with van der Waals surface area (Å²) in [6, 6.07) is 21.4. The maximum absolute atomic E-state index is 12.8. The van der Waals surface area contributed by atoms with Gasteiger partial charge in [-0.15, -0.1) is 0 Å². The highest BCUT2D eigenvalue weighted by Gasteiger charge is 2.23. The Morgan fingerprint density at radius 3 is 2.42 bits per heavy atom. The number of amides is 1. The van der Waals surface area contributed by atoms with E-state index in [9.17, 15) is 4.79 Å². The van der Waals surface area contributed by atoms with Crippen LogP contribution in [0.4, 0.5) is 0 Å². The van der Waals surface area contributed by atoms with Crippen LogP contribution in [0.1, 0.15) is 41.1 Å². The van der Waals surface area contributed by atoms with Crippen molar-refractivity contribution in [2.75, 3.05) is 7.05 Å².